The molecule has 0 aliphatic heterocycles. The number of anilines is 1. The van der Waals surface area contributed by atoms with Gasteiger partial charge in [0.25, 0.3) is 0 Å². The van der Waals surface area contributed by atoms with Crippen molar-refractivity contribution in [2.45, 2.75) is 45.2 Å². The lowest BCUT2D eigenvalue weighted by atomic mass is 10.3. The first kappa shape index (κ1) is 14.0. The van der Waals surface area contributed by atoms with Crippen LogP contribution >= 0.6 is 11.3 Å². The fraction of sp³-hybridized carbons (Fsp3) is 0.538. The standard InChI is InChI=1S/C13H18N6OS/c1-2-3-9-7-21-13(16-9)17-12(20)14-6-11-18-15-8-19(11)10-4-5-10/h7-8,10H,2-6H2,1H3,(H2,14,16,17,20). The van der Waals surface area contributed by atoms with E-state index >= 15 is 0 Å². The van der Waals surface area contributed by atoms with Crippen LogP contribution in [0.15, 0.2) is 11.7 Å². The van der Waals surface area contributed by atoms with E-state index < -0.39 is 0 Å². The molecule has 2 N–H and O–H groups in total. The van der Waals surface area contributed by atoms with Crippen LogP contribution in [0.1, 0.15) is 43.7 Å². The monoisotopic (exact) mass is 306 g/mol. The Morgan fingerprint density at radius 1 is 1.52 bits per heavy atom. The highest BCUT2D eigenvalue weighted by Gasteiger charge is 2.26. The number of hydrogen-bond donors (Lipinski definition) is 2. The largest absolute Gasteiger partial charge is 0.331 e. The van der Waals surface area contributed by atoms with E-state index in [2.05, 4.69) is 32.7 Å². The molecule has 2 amide bonds. The predicted molar refractivity (Wildman–Crippen MR) is 80.3 cm³/mol. The average molecular weight is 306 g/mol. The average Bonchev–Trinajstić information content (AvgIpc) is 3.04. The number of nitrogens with zero attached hydrogens (tertiary/aromatic N) is 4. The first-order valence-electron chi connectivity index (χ1n) is 7.14. The van der Waals surface area contributed by atoms with Gasteiger partial charge in [-0.15, -0.1) is 21.5 Å². The van der Waals surface area contributed by atoms with Gasteiger partial charge in [-0.2, -0.15) is 0 Å². The minimum Gasteiger partial charge on any atom is -0.331 e. The second-order valence-corrected chi connectivity index (χ2v) is 5.95. The molecule has 1 saturated carbocycles. The van der Waals surface area contributed by atoms with Gasteiger partial charge in [0.2, 0.25) is 0 Å². The zero-order valence-corrected chi connectivity index (χ0v) is 12.7. The number of amides is 2. The molecule has 112 valence electrons. The van der Waals surface area contributed by atoms with Crippen LogP contribution in [0.5, 0.6) is 0 Å². The zero-order valence-electron chi connectivity index (χ0n) is 11.9. The van der Waals surface area contributed by atoms with Gasteiger partial charge in [-0.1, -0.05) is 13.3 Å². The van der Waals surface area contributed by atoms with Gasteiger partial charge >= 0.3 is 6.03 Å². The van der Waals surface area contributed by atoms with E-state index in [4.69, 9.17) is 0 Å². The number of carbonyl (C=O) groups excluding carboxylic acids is 1. The highest BCUT2D eigenvalue weighted by Crippen LogP contribution is 2.35. The fourth-order valence-electron chi connectivity index (χ4n) is 2.09. The van der Waals surface area contributed by atoms with Crippen LogP contribution in [0.3, 0.4) is 0 Å². The summed E-state index contributed by atoms with van der Waals surface area (Å²) in [6, 6.07) is 0.244. The molecule has 1 fully saturated rings. The third kappa shape index (κ3) is 3.57. The van der Waals surface area contributed by atoms with Crippen LogP contribution in [-0.4, -0.2) is 25.8 Å². The topological polar surface area (TPSA) is 84.7 Å². The lowest BCUT2D eigenvalue weighted by molar-refractivity contribution is 0.251. The van der Waals surface area contributed by atoms with E-state index in [1.165, 1.54) is 11.3 Å². The molecule has 21 heavy (non-hydrogen) atoms. The van der Waals surface area contributed by atoms with Crippen molar-refractivity contribution < 1.29 is 4.79 Å². The molecule has 7 nitrogen and oxygen atoms in total. The molecule has 1 aliphatic rings. The molecule has 0 saturated heterocycles. The summed E-state index contributed by atoms with van der Waals surface area (Å²) in [4.78, 5) is 16.2. The molecule has 2 aromatic heterocycles. The van der Waals surface area contributed by atoms with Crippen molar-refractivity contribution in [3.05, 3.63) is 23.2 Å². The SMILES string of the molecule is CCCc1csc(NC(=O)NCc2nncn2C2CC2)n1. The Labute approximate surface area is 126 Å². The molecular formula is C13H18N6OS. The molecule has 2 aromatic rings. The van der Waals surface area contributed by atoms with Crippen LogP contribution in [0.25, 0.3) is 0 Å². The van der Waals surface area contributed by atoms with Gasteiger partial charge in [0, 0.05) is 11.4 Å². The Morgan fingerprint density at radius 2 is 2.38 bits per heavy atom. The maximum Gasteiger partial charge on any atom is 0.321 e. The van der Waals surface area contributed by atoms with Gasteiger partial charge in [0.1, 0.15) is 6.33 Å². The molecule has 0 unspecified atom stereocenters. The first-order chi connectivity index (χ1) is 10.3. The summed E-state index contributed by atoms with van der Waals surface area (Å²) < 4.78 is 2.03. The molecule has 0 bridgehead atoms. The first-order valence-corrected chi connectivity index (χ1v) is 8.02. The van der Waals surface area contributed by atoms with E-state index in [0.29, 0.717) is 17.7 Å². The summed E-state index contributed by atoms with van der Waals surface area (Å²) in [5, 5.41) is 16.1. The van der Waals surface area contributed by atoms with Crippen molar-refractivity contribution in [3.63, 3.8) is 0 Å². The smallest absolute Gasteiger partial charge is 0.321 e. The zero-order chi connectivity index (χ0) is 14.7. The van der Waals surface area contributed by atoms with E-state index in [1.54, 1.807) is 6.33 Å². The Kier molecular flexibility index (Phi) is 4.14. The molecule has 1 aliphatic carbocycles. The highest BCUT2D eigenvalue weighted by atomic mass is 32.1. The maximum atomic E-state index is 11.9. The highest BCUT2D eigenvalue weighted by molar-refractivity contribution is 7.13. The van der Waals surface area contributed by atoms with Crippen LogP contribution < -0.4 is 10.6 Å². The van der Waals surface area contributed by atoms with Crippen molar-refractivity contribution in [3.8, 4) is 0 Å². The van der Waals surface area contributed by atoms with E-state index in [-0.39, 0.29) is 6.03 Å². The van der Waals surface area contributed by atoms with Gasteiger partial charge in [0.15, 0.2) is 11.0 Å². The van der Waals surface area contributed by atoms with Gasteiger partial charge < -0.3 is 9.88 Å². The molecule has 3 rings (SSSR count). The lowest BCUT2D eigenvalue weighted by Crippen LogP contribution is -2.29. The van der Waals surface area contributed by atoms with Crippen molar-refractivity contribution in [1.29, 1.82) is 0 Å². The number of thiazole rings is 1. The van der Waals surface area contributed by atoms with E-state index in [1.807, 2.05) is 9.95 Å². The van der Waals surface area contributed by atoms with E-state index in [0.717, 1.165) is 37.2 Å². The predicted octanol–water partition coefficient (Wildman–Crippen LogP) is 2.34. The number of hydrogen-bond acceptors (Lipinski definition) is 5. The summed E-state index contributed by atoms with van der Waals surface area (Å²) in [7, 11) is 0. The third-order valence-electron chi connectivity index (χ3n) is 3.27. The quantitative estimate of drug-likeness (QED) is 0.858. The molecule has 0 atom stereocenters. The number of aryl methyl sites for hydroxylation is 1. The number of nitrogens with one attached hydrogen (secondary N) is 2. The van der Waals surface area contributed by atoms with Crippen molar-refractivity contribution in [2.24, 2.45) is 0 Å². The van der Waals surface area contributed by atoms with Crippen molar-refractivity contribution in [2.75, 3.05) is 5.32 Å². The maximum absolute atomic E-state index is 11.9. The molecule has 0 aromatic carbocycles. The molecule has 0 radical (unpaired) electrons. The normalized spacial score (nSPS) is 14.1. The Morgan fingerprint density at radius 3 is 3.14 bits per heavy atom. The Hall–Kier alpha value is -1.96. The van der Waals surface area contributed by atoms with Crippen LogP contribution in [0.4, 0.5) is 9.93 Å². The number of urea groups is 1. The third-order valence-corrected chi connectivity index (χ3v) is 4.08. The Bertz CT molecular complexity index is 618. The van der Waals surface area contributed by atoms with Crippen LogP contribution in [0, 0.1) is 0 Å². The number of carbonyl (C=O) groups is 1. The van der Waals surface area contributed by atoms with Crippen LogP contribution in [-0.2, 0) is 13.0 Å². The second kappa shape index (κ2) is 6.21. The Balaban J connectivity index is 1.50. The van der Waals surface area contributed by atoms with Crippen LogP contribution in [0.2, 0.25) is 0 Å². The van der Waals surface area contributed by atoms with E-state index in [9.17, 15) is 4.79 Å². The summed E-state index contributed by atoms with van der Waals surface area (Å²) in [5.74, 6) is 0.790. The lowest BCUT2D eigenvalue weighted by Gasteiger charge is -2.06. The fourth-order valence-corrected chi connectivity index (χ4v) is 2.83. The van der Waals surface area contributed by atoms with Gasteiger partial charge in [-0.25, -0.2) is 9.78 Å². The summed E-state index contributed by atoms with van der Waals surface area (Å²) in [5.41, 5.74) is 1.02. The summed E-state index contributed by atoms with van der Waals surface area (Å²) >= 11 is 1.44. The molecule has 2 heterocycles. The minimum absolute atomic E-state index is 0.266. The molecule has 8 heteroatoms. The summed E-state index contributed by atoms with van der Waals surface area (Å²) in [6.07, 6.45) is 6.04. The minimum atomic E-state index is -0.266. The second-order valence-electron chi connectivity index (χ2n) is 5.09. The van der Waals surface area contributed by atoms with Gasteiger partial charge in [0.05, 0.1) is 12.2 Å². The van der Waals surface area contributed by atoms with Gasteiger partial charge in [-0.05, 0) is 19.3 Å². The van der Waals surface area contributed by atoms with Gasteiger partial charge in [-0.3, -0.25) is 5.32 Å². The summed E-state index contributed by atoms with van der Waals surface area (Å²) in [6.45, 7) is 2.48. The number of aromatic nitrogens is 4. The van der Waals surface area contributed by atoms with Crippen molar-refractivity contribution in [1.82, 2.24) is 25.1 Å². The molecular weight excluding hydrogens is 288 g/mol. The number of rotatable bonds is 6. The van der Waals surface area contributed by atoms with Crippen molar-refractivity contribution >= 4 is 22.5 Å². The molecule has 0 spiro atoms.